The number of nitrogens with zero attached hydrogens (tertiary/aromatic N) is 2. The fourth-order valence-corrected chi connectivity index (χ4v) is 1.88. The number of hydrogen-bond acceptors (Lipinski definition) is 2. The molecule has 0 amide bonds. The molecule has 0 aliphatic heterocycles. The van der Waals surface area contributed by atoms with Gasteiger partial charge in [0.25, 0.3) is 0 Å². The maximum absolute atomic E-state index is 13.8. The Morgan fingerprint density at radius 3 is 2.76 bits per heavy atom. The van der Waals surface area contributed by atoms with E-state index in [1.807, 2.05) is 17.8 Å². The van der Waals surface area contributed by atoms with Gasteiger partial charge in [-0.15, -0.1) is 0 Å². The fraction of sp³-hybridized carbons (Fsp3) is 0.308. The molecule has 0 bridgehead atoms. The van der Waals surface area contributed by atoms with Crippen molar-refractivity contribution in [1.29, 1.82) is 0 Å². The molecule has 1 aromatic carbocycles. The van der Waals surface area contributed by atoms with Crippen molar-refractivity contribution in [2.45, 2.75) is 26.8 Å². The van der Waals surface area contributed by atoms with Crippen LogP contribution < -0.4 is 5.73 Å². The minimum Gasteiger partial charge on any atom is -0.399 e. The lowest BCUT2D eigenvalue weighted by Gasteiger charge is -2.02. The van der Waals surface area contributed by atoms with Crippen molar-refractivity contribution >= 4 is 5.69 Å². The molecule has 2 aromatic rings. The Morgan fingerprint density at radius 2 is 2.12 bits per heavy atom. The summed E-state index contributed by atoms with van der Waals surface area (Å²) < 4.78 is 15.6. The summed E-state index contributed by atoms with van der Waals surface area (Å²) >= 11 is 0. The van der Waals surface area contributed by atoms with Crippen molar-refractivity contribution in [3.05, 3.63) is 35.9 Å². The summed E-state index contributed by atoms with van der Waals surface area (Å²) in [4.78, 5) is 0. The van der Waals surface area contributed by atoms with Crippen LogP contribution in [0.1, 0.15) is 19.0 Å². The summed E-state index contributed by atoms with van der Waals surface area (Å²) in [5, 5.41) is 4.36. The van der Waals surface area contributed by atoms with Gasteiger partial charge in [0.2, 0.25) is 0 Å². The lowest BCUT2D eigenvalue weighted by atomic mass is 10.1. The first kappa shape index (κ1) is 11.6. The van der Waals surface area contributed by atoms with Crippen LogP contribution in [-0.2, 0) is 6.54 Å². The molecule has 0 spiro atoms. The monoisotopic (exact) mass is 233 g/mol. The van der Waals surface area contributed by atoms with Crippen LogP contribution >= 0.6 is 0 Å². The quantitative estimate of drug-likeness (QED) is 0.828. The Morgan fingerprint density at radius 1 is 1.35 bits per heavy atom. The van der Waals surface area contributed by atoms with Crippen LogP contribution in [0.2, 0.25) is 0 Å². The number of nitrogens with two attached hydrogens (primary N) is 1. The number of benzene rings is 1. The number of rotatable bonds is 3. The predicted octanol–water partition coefficient (Wildman–Crippen LogP) is 2.99. The summed E-state index contributed by atoms with van der Waals surface area (Å²) in [7, 11) is 0. The number of aryl methyl sites for hydroxylation is 2. The highest BCUT2D eigenvalue weighted by atomic mass is 19.1. The van der Waals surface area contributed by atoms with E-state index in [9.17, 15) is 4.39 Å². The third kappa shape index (κ3) is 2.30. The molecule has 1 heterocycles. The smallest absolute Gasteiger partial charge is 0.133 e. The summed E-state index contributed by atoms with van der Waals surface area (Å²) in [5.41, 5.74) is 8.19. The average molecular weight is 233 g/mol. The van der Waals surface area contributed by atoms with Crippen LogP contribution in [0.3, 0.4) is 0 Å². The Hall–Kier alpha value is -1.84. The van der Waals surface area contributed by atoms with Crippen LogP contribution in [0.15, 0.2) is 24.4 Å². The molecular weight excluding hydrogens is 217 g/mol. The van der Waals surface area contributed by atoms with Gasteiger partial charge in [-0.2, -0.15) is 5.10 Å². The molecular formula is C13H16FN3. The first-order valence-corrected chi connectivity index (χ1v) is 5.71. The van der Waals surface area contributed by atoms with Gasteiger partial charge in [0.05, 0.1) is 5.69 Å². The highest BCUT2D eigenvalue weighted by Gasteiger charge is 2.11. The minimum atomic E-state index is -0.302. The van der Waals surface area contributed by atoms with Crippen molar-refractivity contribution in [2.75, 3.05) is 5.73 Å². The summed E-state index contributed by atoms with van der Waals surface area (Å²) in [6.07, 6.45) is 2.89. The van der Waals surface area contributed by atoms with E-state index in [2.05, 4.69) is 12.0 Å². The predicted molar refractivity (Wildman–Crippen MR) is 67.1 cm³/mol. The van der Waals surface area contributed by atoms with Gasteiger partial charge < -0.3 is 5.73 Å². The number of aromatic nitrogens is 2. The van der Waals surface area contributed by atoms with Gasteiger partial charge in [0.15, 0.2) is 0 Å². The van der Waals surface area contributed by atoms with E-state index in [0.717, 1.165) is 24.2 Å². The molecule has 2 N–H and O–H groups in total. The summed E-state index contributed by atoms with van der Waals surface area (Å²) in [6, 6.07) is 4.74. The van der Waals surface area contributed by atoms with Gasteiger partial charge in [0.1, 0.15) is 5.82 Å². The molecule has 0 saturated carbocycles. The normalized spacial score (nSPS) is 10.8. The number of halogens is 1. The van der Waals surface area contributed by atoms with E-state index in [-0.39, 0.29) is 5.82 Å². The summed E-state index contributed by atoms with van der Waals surface area (Å²) in [6.45, 7) is 4.81. The molecule has 0 unspecified atom stereocenters. The van der Waals surface area contributed by atoms with Crippen LogP contribution in [0, 0.1) is 12.7 Å². The van der Waals surface area contributed by atoms with Crippen molar-refractivity contribution in [1.82, 2.24) is 9.78 Å². The molecule has 3 nitrogen and oxygen atoms in total. The molecule has 0 atom stereocenters. The Bertz CT molecular complexity index is 531. The lowest BCUT2D eigenvalue weighted by Crippen LogP contribution is -1.96. The Labute approximate surface area is 100 Å². The van der Waals surface area contributed by atoms with E-state index >= 15 is 0 Å². The standard InChI is InChI=1S/C13H16FN3/c1-3-6-17-8-12(9(2)16-17)11-5-4-10(15)7-13(11)14/h4-5,7-8H,3,6,15H2,1-2H3. The number of anilines is 1. The van der Waals surface area contributed by atoms with Crippen molar-refractivity contribution in [3.8, 4) is 11.1 Å². The molecule has 0 aliphatic rings. The Balaban J connectivity index is 2.45. The largest absolute Gasteiger partial charge is 0.399 e. The van der Waals surface area contributed by atoms with Gasteiger partial charge in [-0.05, 0) is 31.5 Å². The van der Waals surface area contributed by atoms with E-state index < -0.39 is 0 Å². The second kappa shape index (κ2) is 4.57. The van der Waals surface area contributed by atoms with Gasteiger partial charge >= 0.3 is 0 Å². The molecule has 0 radical (unpaired) electrons. The molecule has 0 aliphatic carbocycles. The van der Waals surface area contributed by atoms with Gasteiger partial charge in [0, 0.05) is 29.6 Å². The van der Waals surface area contributed by atoms with Gasteiger partial charge in [-0.1, -0.05) is 6.92 Å². The zero-order valence-electron chi connectivity index (χ0n) is 10.1. The molecule has 1 aromatic heterocycles. The molecule has 0 fully saturated rings. The third-order valence-electron chi connectivity index (χ3n) is 2.68. The van der Waals surface area contributed by atoms with Gasteiger partial charge in [-0.25, -0.2) is 4.39 Å². The molecule has 4 heteroatoms. The summed E-state index contributed by atoms with van der Waals surface area (Å²) in [5.74, 6) is -0.302. The van der Waals surface area contributed by atoms with E-state index in [1.165, 1.54) is 6.07 Å². The number of hydrogen-bond donors (Lipinski definition) is 1. The van der Waals surface area contributed by atoms with Crippen molar-refractivity contribution in [2.24, 2.45) is 0 Å². The maximum atomic E-state index is 13.8. The highest BCUT2D eigenvalue weighted by Crippen LogP contribution is 2.26. The third-order valence-corrected chi connectivity index (χ3v) is 2.68. The molecule has 0 saturated heterocycles. The van der Waals surface area contributed by atoms with Crippen molar-refractivity contribution in [3.63, 3.8) is 0 Å². The van der Waals surface area contributed by atoms with Crippen molar-refractivity contribution < 1.29 is 4.39 Å². The molecule has 90 valence electrons. The van der Waals surface area contributed by atoms with Gasteiger partial charge in [-0.3, -0.25) is 4.68 Å². The first-order chi connectivity index (χ1) is 8.11. The topological polar surface area (TPSA) is 43.8 Å². The molecule has 17 heavy (non-hydrogen) atoms. The van der Waals surface area contributed by atoms with Crippen LogP contribution in [0.25, 0.3) is 11.1 Å². The SMILES string of the molecule is CCCn1cc(-c2ccc(N)cc2F)c(C)n1. The second-order valence-corrected chi connectivity index (χ2v) is 4.13. The highest BCUT2D eigenvalue weighted by molar-refractivity contribution is 5.67. The van der Waals surface area contributed by atoms with Crippen LogP contribution in [0.4, 0.5) is 10.1 Å². The average Bonchev–Trinajstić information content (AvgIpc) is 2.60. The van der Waals surface area contributed by atoms with E-state index in [1.54, 1.807) is 12.1 Å². The van der Waals surface area contributed by atoms with E-state index in [0.29, 0.717) is 11.3 Å². The fourth-order valence-electron chi connectivity index (χ4n) is 1.88. The number of nitrogen functional groups attached to an aromatic ring is 1. The van der Waals surface area contributed by atoms with E-state index in [4.69, 9.17) is 5.73 Å². The molecule has 2 rings (SSSR count). The first-order valence-electron chi connectivity index (χ1n) is 5.71. The Kier molecular flexibility index (Phi) is 3.13. The lowest BCUT2D eigenvalue weighted by molar-refractivity contribution is 0.598. The minimum absolute atomic E-state index is 0.302. The maximum Gasteiger partial charge on any atom is 0.133 e. The van der Waals surface area contributed by atoms with Crippen LogP contribution in [-0.4, -0.2) is 9.78 Å². The second-order valence-electron chi connectivity index (χ2n) is 4.13. The zero-order chi connectivity index (χ0) is 12.4. The van der Waals surface area contributed by atoms with Crippen LogP contribution in [0.5, 0.6) is 0 Å². The zero-order valence-corrected chi connectivity index (χ0v) is 10.1.